The van der Waals surface area contributed by atoms with Gasteiger partial charge in [-0.2, -0.15) is 0 Å². The third-order valence-corrected chi connectivity index (χ3v) is 4.36. The average molecular weight is 401 g/mol. The normalized spacial score (nSPS) is 13.2. The molecule has 0 bridgehead atoms. The van der Waals surface area contributed by atoms with Gasteiger partial charge in [-0.1, -0.05) is 5.92 Å². The smallest absolute Gasteiger partial charge is 0.260 e. The van der Waals surface area contributed by atoms with Gasteiger partial charge < -0.3 is 25.0 Å². The Morgan fingerprint density at radius 2 is 1.86 bits per heavy atom. The van der Waals surface area contributed by atoms with E-state index in [-0.39, 0.29) is 31.5 Å². The molecule has 1 aromatic carbocycles. The highest BCUT2D eigenvalue weighted by molar-refractivity contribution is 5.97. The minimum Gasteiger partial charge on any atom is -0.490 e. The zero-order chi connectivity index (χ0) is 21.1. The first-order valence-corrected chi connectivity index (χ1v) is 9.71. The van der Waals surface area contributed by atoms with Crippen molar-refractivity contribution >= 4 is 17.7 Å². The summed E-state index contributed by atoms with van der Waals surface area (Å²) in [6, 6.07) is 4.67. The summed E-state index contributed by atoms with van der Waals surface area (Å²) < 4.78 is 11.2. The molecule has 0 atom stereocenters. The predicted molar refractivity (Wildman–Crippen MR) is 108 cm³/mol. The molecule has 8 nitrogen and oxygen atoms in total. The van der Waals surface area contributed by atoms with Crippen LogP contribution in [0.1, 0.15) is 36.5 Å². The fourth-order valence-corrected chi connectivity index (χ4v) is 2.89. The molecule has 1 heterocycles. The Kier molecular flexibility index (Phi) is 8.83. The molecular formula is C21H27N3O5. The summed E-state index contributed by atoms with van der Waals surface area (Å²) in [4.78, 5) is 37.9. The van der Waals surface area contributed by atoms with Crippen molar-refractivity contribution in [2.24, 2.45) is 0 Å². The lowest BCUT2D eigenvalue weighted by atomic mass is 10.1. The molecule has 2 N–H and O–H groups in total. The van der Waals surface area contributed by atoms with Crippen molar-refractivity contribution in [2.45, 2.75) is 26.2 Å². The monoisotopic (exact) mass is 401 g/mol. The van der Waals surface area contributed by atoms with Crippen LogP contribution in [0.5, 0.6) is 11.5 Å². The lowest BCUT2D eigenvalue weighted by Crippen LogP contribution is -2.38. The summed E-state index contributed by atoms with van der Waals surface area (Å²) in [5.41, 5.74) is 0.313. The van der Waals surface area contributed by atoms with Gasteiger partial charge in [-0.15, -0.1) is 6.42 Å². The van der Waals surface area contributed by atoms with Crippen molar-refractivity contribution in [1.29, 1.82) is 0 Å². The lowest BCUT2D eigenvalue weighted by molar-refractivity contribution is -0.134. The van der Waals surface area contributed by atoms with Gasteiger partial charge in [0.05, 0.1) is 19.7 Å². The standard InChI is InChI=1S/C21H27N3O5/c1-3-10-22-19(25)14-23-21(27)16-8-9-17(18(13-16)28-4-2)29-15-20(26)24-11-6-5-7-12-24/h1,8-9,13H,4-7,10-12,14-15H2,2H3,(H,22,25)(H,23,27). The molecule has 29 heavy (non-hydrogen) atoms. The van der Waals surface area contributed by atoms with Crippen LogP contribution in [0.25, 0.3) is 0 Å². The highest BCUT2D eigenvalue weighted by atomic mass is 16.5. The second kappa shape index (κ2) is 11.6. The zero-order valence-corrected chi connectivity index (χ0v) is 16.7. The predicted octanol–water partition coefficient (Wildman–Crippen LogP) is 0.956. The molecule has 0 unspecified atom stereocenters. The van der Waals surface area contributed by atoms with Gasteiger partial charge in [0.15, 0.2) is 18.1 Å². The molecule has 1 aromatic rings. The van der Waals surface area contributed by atoms with Crippen LogP contribution in [0.3, 0.4) is 0 Å². The third kappa shape index (κ3) is 7.03. The van der Waals surface area contributed by atoms with E-state index < -0.39 is 5.91 Å². The van der Waals surface area contributed by atoms with E-state index in [1.165, 1.54) is 6.07 Å². The number of ether oxygens (including phenoxy) is 2. The Bertz CT molecular complexity index is 766. The Morgan fingerprint density at radius 3 is 2.55 bits per heavy atom. The molecular weight excluding hydrogens is 374 g/mol. The summed E-state index contributed by atoms with van der Waals surface area (Å²) >= 11 is 0. The van der Waals surface area contributed by atoms with Crippen LogP contribution in [0.2, 0.25) is 0 Å². The minimum absolute atomic E-state index is 0.0630. The maximum absolute atomic E-state index is 12.3. The molecule has 1 saturated heterocycles. The molecule has 1 fully saturated rings. The quantitative estimate of drug-likeness (QED) is 0.601. The lowest BCUT2D eigenvalue weighted by Gasteiger charge is -2.26. The van der Waals surface area contributed by atoms with E-state index in [1.54, 1.807) is 17.0 Å². The number of rotatable bonds is 9. The maximum atomic E-state index is 12.3. The summed E-state index contributed by atoms with van der Waals surface area (Å²) in [6.45, 7) is 3.53. The molecule has 156 valence electrons. The molecule has 1 aliphatic heterocycles. The summed E-state index contributed by atoms with van der Waals surface area (Å²) in [5.74, 6) is 2.16. The minimum atomic E-state index is -0.433. The first kappa shape index (κ1) is 22.1. The zero-order valence-electron chi connectivity index (χ0n) is 16.7. The van der Waals surface area contributed by atoms with Gasteiger partial charge in [-0.3, -0.25) is 14.4 Å². The molecule has 0 saturated carbocycles. The molecule has 8 heteroatoms. The average Bonchev–Trinajstić information content (AvgIpc) is 2.75. The van der Waals surface area contributed by atoms with Gasteiger partial charge in [-0.25, -0.2) is 0 Å². The van der Waals surface area contributed by atoms with E-state index in [0.29, 0.717) is 23.7 Å². The molecule has 0 spiro atoms. The Morgan fingerprint density at radius 1 is 1.10 bits per heavy atom. The van der Waals surface area contributed by atoms with Crippen molar-refractivity contribution < 1.29 is 23.9 Å². The maximum Gasteiger partial charge on any atom is 0.260 e. The Balaban J connectivity index is 1.96. The van der Waals surface area contributed by atoms with Crippen molar-refractivity contribution in [3.63, 3.8) is 0 Å². The van der Waals surface area contributed by atoms with E-state index in [1.807, 2.05) is 6.92 Å². The Hall–Kier alpha value is -3.21. The molecule has 1 aliphatic rings. The van der Waals surface area contributed by atoms with E-state index in [4.69, 9.17) is 15.9 Å². The number of nitrogens with zero attached hydrogens (tertiary/aromatic N) is 1. The molecule has 0 aromatic heterocycles. The summed E-state index contributed by atoms with van der Waals surface area (Å²) in [7, 11) is 0. The number of amides is 3. The van der Waals surface area contributed by atoms with Crippen LogP contribution in [0.4, 0.5) is 0 Å². The van der Waals surface area contributed by atoms with E-state index in [9.17, 15) is 14.4 Å². The largest absolute Gasteiger partial charge is 0.490 e. The summed E-state index contributed by atoms with van der Waals surface area (Å²) in [6.07, 6.45) is 8.24. The van der Waals surface area contributed by atoms with Crippen molar-refractivity contribution in [1.82, 2.24) is 15.5 Å². The van der Waals surface area contributed by atoms with Crippen molar-refractivity contribution in [3.8, 4) is 23.8 Å². The van der Waals surface area contributed by atoms with Gasteiger partial charge in [0.25, 0.3) is 11.8 Å². The van der Waals surface area contributed by atoms with E-state index in [0.717, 1.165) is 32.4 Å². The number of nitrogens with one attached hydrogen (secondary N) is 2. The van der Waals surface area contributed by atoms with Crippen LogP contribution in [0.15, 0.2) is 18.2 Å². The second-order valence-corrected chi connectivity index (χ2v) is 6.49. The van der Waals surface area contributed by atoms with Gasteiger partial charge in [0.1, 0.15) is 0 Å². The molecule has 2 rings (SSSR count). The number of hydrogen-bond donors (Lipinski definition) is 2. The topological polar surface area (TPSA) is 97.0 Å². The number of carbonyl (C=O) groups excluding carboxylic acids is 3. The highest BCUT2D eigenvalue weighted by Crippen LogP contribution is 2.28. The van der Waals surface area contributed by atoms with Crippen LogP contribution < -0.4 is 20.1 Å². The fourth-order valence-electron chi connectivity index (χ4n) is 2.89. The van der Waals surface area contributed by atoms with Crippen LogP contribution in [-0.4, -0.2) is 62.0 Å². The second-order valence-electron chi connectivity index (χ2n) is 6.49. The number of carbonyl (C=O) groups is 3. The first-order valence-electron chi connectivity index (χ1n) is 9.71. The van der Waals surface area contributed by atoms with Crippen molar-refractivity contribution in [2.75, 3.05) is 39.4 Å². The van der Waals surface area contributed by atoms with Gasteiger partial charge >= 0.3 is 0 Å². The van der Waals surface area contributed by atoms with Crippen LogP contribution in [-0.2, 0) is 9.59 Å². The number of benzene rings is 1. The van der Waals surface area contributed by atoms with Crippen LogP contribution >= 0.6 is 0 Å². The number of piperidine rings is 1. The number of likely N-dealkylation sites (tertiary alicyclic amines) is 1. The van der Waals surface area contributed by atoms with Crippen molar-refractivity contribution in [3.05, 3.63) is 23.8 Å². The SMILES string of the molecule is C#CCNC(=O)CNC(=O)c1ccc(OCC(=O)N2CCCCC2)c(OCC)c1. The van der Waals surface area contributed by atoms with Gasteiger partial charge in [0.2, 0.25) is 5.91 Å². The first-order chi connectivity index (χ1) is 14.0. The van der Waals surface area contributed by atoms with E-state index >= 15 is 0 Å². The molecule has 0 aliphatic carbocycles. The van der Waals surface area contributed by atoms with Gasteiger partial charge in [0, 0.05) is 18.7 Å². The van der Waals surface area contributed by atoms with Gasteiger partial charge in [-0.05, 0) is 44.4 Å². The molecule has 3 amide bonds. The third-order valence-electron chi connectivity index (χ3n) is 4.36. The fraction of sp³-hybridized carbons (Fsp3) is 0.476. The Labute approximate surface area is 170 Å². The van der Waals surface area contributed by atoms with Crippen LogP contribution in [0, 0.1) is 12.3 Å². The number of terminal acetylenes is 1. The molecule has 0 radical (unpaired) electrons. The highest BCUT2D eigenvalue weighted by Gasteiger charge is 2.18. The number of hydrogen-bond acceptors (Lipinski definition) is 5. The summed E-state index contributed by atoms with van der Waals surface area (Å²) in [5, 5.41) is 4.98. The van der Waals surface area contributed by atoms with E-state index in [2.05, 4.69) is 16.6 Å².